The average Bonchev–Trinajstić information content (AvgIpc) is 2.16. The van der Waals surface area contributed by atoms with Gasteiger partial charge in [-0.3, -0.25) is 9.05 Å². The highest BCUT2D eigenvalue weighted by Gasteiger charge is 2.30. The first-order valence-electron chi connectivity index (χ1n) is 5.14. The van der Waals surface area contributed by atoms with Gasteiger partial charge in [0.15, 0.2) is 0 Å². The number of phosphoric acid groups is 1. The van der Waals surface area contributed by atoms with E-state index in [1.807, 2.05) is 19.1 Å². The van der Waals surface area contributed by atoms with Crippen molar-refractivity contribution in [2.45, 2.75) is 39.2 Å². The van der Waals surface area contributed by atoms with Crippen LogP contribution >= 0.6 is 7.82 Å². The van der Waals surface area contributed by atoms with Crippen LogP contribution in [0.4, 0.5) is 0 Å². The molecule has 0 bridgehead atoms. The van der Waals surface area contributed by atoms with Gasteiger partial charge < -0.3 is 4.89 Å². The predicted octanol–water partition coefficient (Wildman–Crippen LogP) is 2.89. The van der Waals surface area contributed by atoms with Crippen molar-refractivity contribution in [2.24, 2.45) is 0 Å². The summed E-state index contributed by atoms with van der Waals surface area (Å²) in [5.41, 5.74) is -1.11. The van der Waals surface area contributed by atoms with Crippen LogP contribution in [0.25, 0.3) is 0 Å². The highest BCUT2D eigenvalue weighted by Crippen LogP contribution is 2.47. The minimum atomic E-state index is -4.06. The SMILES string of the molecule is C#CC(C)(C)OP(=O)(O)OCCC=CCC. The molecule has 5 heteroatoms. The molecule has 0 aromatic rings. The Hall–Kier alpha value is -0.590. The summed E-state index contributed by atoms with van der Waals surface area (Å²) in [5.74, 6) is 2.26. The second-order valence-corrected chi connectivity index (χ2v) is 5.09. The van der Waals surface area contributed by atoms with Gasteiger partial charge in [0.25, 0.3) is 0 Å². The molecule has 0 aliphatic heterocycles. The topological polar surface area (TPSA) is 55.8 Å². The molecule has 0 aliphatic rings. The number of hydrogen-bond acceptors (Lipinski definition) is 3. The second kappa shape index (κ2) is 6.88. The van der Waals surface area contributed by atoms with Crippen molar-refractivity contribution < 1.29 is 18.5 Å². The first-order chi connectivity index (χ1) is 7.33. The summed E-state index contributed by atoms with van der Waals surface area (Å²) in [6, 6.07) is 0. The molecule has 4 nitrogen and oxygen atoms in total. The molecule has 0 aromatic carbocycles. The monoisotopic (exact) mass is 246 g/mol. The first-order valence-corrected chi connectivity index (χ1v) is 6.63. The third-order valence-corrected chi connectivity index (χ3v) is 2.83. The van der Waals surface area contributed by atoms with Crippen LogP contribution in [0, 0.1) is 12.3 Å². The summed E-state index contributed by atoms with van der Waals surface area (Å²) < 4.78 is 21.0. The molecular weight excluding hydrogens is 227 g/mol. The van der Waals surface area contributed by atoms with Crippen LogP contribution < -0.4 is 0 Å². The summed E-state index contributed by atoms with van der Waals surface area (Å²) >= 11 is 0. The van der Waals surface area contributed by atoms with Gasteiger partial charge in [-0.05, 0) is 26.7 Å². The fourth-order valence-electron chi connectivity index (χ4n) is 0.862. The Morgan fingerprint density at radius 1 is 1.50 bits per heavy atom. The quantitative estimate of drug-likeness (QED) is 0.325. The molecule has 0 spiro atoms. The summed E-state index contributed by atoms with van der Waals surface area (Å²) in [6.45, 7) is 5.18. The summed E-state index contributed by atoms with van der Waals surface area (Å²) in [7, 11) is -4.06. The number of terminal acetylenes is 1. The van der Waals surface area contributed by atoms with Crippen molar-refractivity contribution >= 4 is 7.82 Å². The van der Waals surface area contributed by atoms with Crippen LogP contribution in [0.3, 0.4) is 0 Å². The molecule has 16 heavy (non-hydrogen) atoms. The van der Waals surface area contributed by atoms with Crippen LogP contribution in [0.5, 0.6) is 0 Å². The molecule has 1 N–H and O–H groups in total. The Balaban J connectivity index is 4.03. The Bertz CT molecular complexity index is 314. The molecule has 0 rings (SSSR count). The van der Waals surface area contributed by atoms with E-state index in [1.54, 1.807) is 0 Å². The summed E-state index contributed by atoms with van der Waals surface area (Å²) in [4.78, 5) is 9.33. The van der Waals surface area contributed by atoms with Crippen LogP contribution in [-0.4, -0.2) is 17.1 Å². The van der Waals surface area contributed by atoms with E-state index in [0.717, 1.165) is 6.42 Å². The van der Waals surface area contributed by atoms with Crippen molar-refractivity contribution in [2.75, 3.05) is 6.61 Å². The molecule has 0 aromatic heterocycles. The van der Waals surface area contributed by atoms with Crippen molar-refractivity contribution in [1.29, 1.82) is 0 Å². The largest absolute Gasteiger partial charge is 0.473 e. The highest BCUT2D eigenvalue weighted by atomic mass is 31.2. The van der Waals surface area contributed by atoms with E-state index in [0.29, 0.717) is 6.42 Å². The van der Waals surface area contributed by atoms with Crippen molar-refractivity contribution in [1.82, 2.24) is 0 Å². The average molecular weight is 246 g/mol. The molecule has 0 saturated carbocycles. The lowest BCUT2D eigenvalue weighted by Crippen LogP contribution is -2.20. The van der Waals surface area contributed by atoms with Gasteiger partial charge in [0, 0.05) is 0 Å². The molecule has 0 amide bonds. The smallest absolute Gasteiger partial charge is 0.302 e. The molecule has 0 saturated heterocycles. The van der Waals surface area contributed by atoms with E-state index in [2.05, 4.69) is 5.92 Å². The lowest BCUT2D eigenvalue weighted by molar-refractivity contribution is 0.0870. The van der Waals surface area contributed by atoms with Crippen molar-refractivity contribution in [3.63, 3.8) is 0 Å². The van der Waals surface area contributed by atoms with E-state index in [1.165, 1.54) is 13.8 Å². The fourth-order valence-corrected chi connectivity index (χ4v) is 1.88. The lowest BCUT2D eigenvalue weighted by atomic mass is 10.2. The maximum atomic E-state index is 11.4. The predicted molar refractivity (Wildman–Crippen MR) is 63.8 cm³/mol. The van der Waals surface area contributed by atoms with Gasteiger partial charge >= 0.3 is 7.82 Å². The number of allylic oxidation sites excluding steroid dienone is 1. The van der Waals surface area contributed by atoms with Crippen LogP contribution in [0.2, 0.25) is 0 Å². The van der Waals surface area contributed by atoms with Crippen LogP contribution in [0.1, 0.15) is 33.6 Å². The van der Waals surface area contributed by atoms with E-state index in [4.69, 9.17) is 15.5 Å². The Morgan fingerprint density at radius 3 is 2.62 bits per heavy atom. The Morgan fingerprint density at radius 2 is 2.12 bits per heavy atom. The molecule has 0 aliphatic carbocycles. The van der Waals surface area contributed by atoms with Crippen molar-refractivity contribution in [3.8, 4) is 12.3 Å². The molecule has 92 valence electrons. The van der Waals surface area contributed by atoms with Gasteiger partial charge in [-0.15, -0.1) is 6.42 Å². The van der Waals surface area contributed by atoms with Gasteiger partial charge in [0.1, 0.15) is 5.60 Å². The standard InChI is InChI=1S/C11H19O4P/c1-5-7-8-9-10-14-16(12,13)15-11(3,4)6-2/h2,7-8H,5,9-10H2,1,3-4H3,(H,12,13). The molecule has 1 unspecified atom stereocenters. The first kappa shape index (κ1) is 15.4. The normalized spacial score (nSPS) is 15.9. The van der Waals surface area contributed by atoms with Gasteiger partial charge in [-0.2, -0.15) is 0 Å². The third-order valence-electron chi connectivity index (χ3n) is 1.63. The lowest BCUT2D eigenvalue weighted by Gasteiger charge is -2.21. The maximum absolute atomic E-state index is 11.4. The number of hydrogen-bond donors (Lipinski definition) is 1. The number of phosphoric ester groups is 1. The number of rotatable bonds is 7. The molecule has 0 heterocycles. The van der Waals surface area contributed by atoms with Crippen molar-refractivity contribution in [3.05, 3.63) is 12.2 Å². The van der Waals surface area contributed by atoms with Gasteiger partial charge in [0.05, 0.1) is 6.61 Å². The van der Waals surface area contributed by atoms with Gasteiger partial charge in [0.2, 0.25) is 0 Å². The zero-order chi connectivity index (χ0) is 12.7. The molecule has 0 radical (unpaired) electrons. The van der Waals surface area contributed by atoms with Gasteiger partial charge in [-0.1, -0.05) is 25.0 Å². The minimum Gasteiger partial charge on any atom is -0.302 e. The molecule has 1 atom stereocenters. The van der Waals surface area contributed by atoms with E-state index >= 15 is 0 Å². The Labute approximate surface area is 97.3 Å². The maximum Gasteiger partial charge on any atom is 0.473 e. The highest BCUT2D eigenvalue weighted by molar-refractivity contribution is 7.47. The van der Waals surface area contributed by atoms with E-state index in [-0.39, 0.29) is 6.61 Å². The minimum absolute atomic E-state index is 0.130. The summed E-state index contributed by atoms with van der Waals surface area (Å²) in [5, 5.41) is 0. The van der Waals surface area contributed by atoms with Crippen LogP contribution in [-0.2, 0) is 13.6 Å². The fraction of sp³-hybridized carbons (Fsp3) is 0.636. The van der Waals surface area contributed by atoms with E-state index in [9.17, 15) is 9.46 Å². The zero-order valence-corrected chi connectivity index (χ0v) is 10.9. The van der Waals surface area contributed by atoms with Crippen LogP contribution in [0.15, 0.2) is 12.2 Å². The molecular formula is C11H19O4P. The molecule has 0 fully saturated rings. The van der Waals surface area contributed by atoms with E-state index < -0.39 is 13.4 Å². The third kappa shape index (κ3) is 7.67. The Kier molecular flexibility index (Phi) is 6.62. The van der Waals surface area contributed by atoms with Gasteiger partial charge in [-0.25, -0.2) is 4.57 Å². The summed E-state index contributed by atoms with van der Waals surface area (Å²) in [6.07, 6.45) is 10.5. The zero-order valence-electron chi connectivity index (χ0n) is 9.97. The second-order valence-electron chi connectivity index (χ2n) is 3.72.